The van der Waals surface area contributed by atoms with E-state index in [0.717, 1.165) is 39.8 Å². The number of benzene rings is 2. The van der Waals surface area contributed by atoms with Gasteiger partial charge in [0.15, 0.2) is 0 Å². The number of aromatic nitrogens is 1. The van der Waals surface area contributed by atoms with E-state index in [0.29, 0.717) is 37.2 Å². The van der Waals surface area contributed by atoms with Crippen LogP contribution in [-0.2, 0) is 21.4 Å². The molecule has 188 valence electrons. The topological polar surface area (TPSA) is 99.7 Å². The number of hydrogen-bond acceptors (Lipinski definition) is 6. The molecule has 0 aliphatic carbocycles. The first-order valence-electron chi connectivity index (χ1n) is 12.1. The van der Waals surface area contributed by atoms with Gasteiger partial charge >= 0.3 is 0 Å². The van der Waals surface area contributed by atoms with Gasteiger partial charge in [0.05, 0.1) is 12.2 Å². The molecule has 0 spiro atoms. The minimum absolute atomic E-state index is 0.0959. The van der Waals surface area contributed by atoms with Crippen LogP contribution in [0.3, 0.4) is 0 Å². The summed E-state index contributed by atoms with van der Waals surface area (Å²) in [5, 5.41) is 6.24. The Balaban J connectivity index is 1.32. The van der Waals surface area contributed by atoms with Crippen LogP contribution in [0, 0.1) is 0 Å². The fourth-order valence-corrected chi connectivity index (χ4v) is 7.96. The Labute approximate surface area is 218 Å². The van der Waals surface area contributed by atoms with Crippen molar-refractivity contribution in [3.8, 4) is 0 Å². The second-order valence-electron chi connectivity index (χ2n) is 9.16. The molecule has 0 saturated carbocycles. The largest absolute Gasteiger partial charge is 0.324 e. The molecule has 0 bridgehead atoms. The van der Waals surface area contributed by atoms with E-state index in [1.165, 1.54) is 4.31 Å². The minimum atomic E-state index is -3.76. The van der Waals surface area contributed by atoms with Crippen molar-refractivity contribution >= 4 is 55.3 Å². The highest BCUT2D eigenvalue weighted by atomic mass is 32.2. The molecule has 2 aliphatic rings. The second-order valence-corrected chi connectivity index (χ2v) is 12.2. The summed E-state index contributed by atoms with van der Waals surface area (Å²) >= 11 is 1.15. The average molecular weight is 533 g/mol. The molecule has 2 aliphatic heterocycles. The van der Waals surface area contributed by atoms with Crippen LogP contribution in [0.15, 0.2) is 76.6 Å². The van der Waals surface area contributed by atoms with Gasteiger partial charge in [-0.05, 0) is 60.2 Å². The SMILES string of the molecule is O=C(Nc1ccc2c3c(cccc13)C(=O)N2Cc1ccncc1)C1CCCCN1S(=O)(=O)c1cccs1. The number of amides is 2. The predicted octanol–water partition coefficient (Wildman–Crippen LogP) is 4.64. The molecule has 2 amide bonds. The van der Waals surface area contributed by atoms with Crippen molar-refractivity contribution in [1.82, 2.24) is 9.29 Å². The maximum absolute atomic E-state index is 13.5. The zero-order valence-corrected chi connectivity index (χ0v) is 21.5. The number of thiophene rings is 1. The number of anilines is 2. The number of pyridine rings is 1. The van der Waals surface area contributed by atoms with Crippen LogP contribution in [0.1, 0.15) is 35.2 Å². The van der Waals surface area contributed by atoms with Gasteiger partial charge in [0, 0.05) is 41.0 Å². The van der Waals surface area contributed by atoms with E-state index in [4.69, 9.17) is 0 Å². The van der Waals surface area contributed by atoms with E-state index in [9.17, 15) is 18.0 Å². The van der Waals surface area contributed by atoms with Gasteiger partial charge in [-0.1, -0.05) is 24.6 Å². The first-order chi connectivity index (χ1) is 17.9. The van der Waals surface area contributed by atoms with Gasteiger partial charge in [-0.25, -0.2) is 8.42 Å². The molecule has 1 N–H and O–H groups in total. The fraction of sp³-hybridized carbons (Fsp3) is 0.222. The normalized spacial score (nSPS) is 17.9. The van der Waals surface area contributed by atoms with E-state index >= 15 is 0 Å². The highest BCUT2D eigenvalue weighted by Gasteiger charge is 2.38. The Bertz CT molecular complexity index is 1600. The van der Waals surface area contributed by atoms with E-state index in [1.54, 1.807) is 53.0 Å². The van der Waals surface area contributed by atoms with Gasteiger partial charge < -0.3 is 10.2 Å². The van der Waals surface area contributed by atoms with Crippen LogP contribution >= 0.6 is 11.3 Å². The van der Waals surface area contributed by atoms with Gasteiger partial charge in [0.1, 0.15) is 10.3 Å². The van der Waals surface area contributed by atoms with Crippen LogP contribution in [0.2, 0.25) is 0 Å². The van der Waals surface area contributed by atoms with Gasteiger partial charge in [0.25, 0.3) is 15.9 Å². The highest BCUT2D eigenvalue weighted by molar-refractivity contribution is 7.91. The molecule has 6 rings (SSSR count). The summed E-state index contributed by atoms with van der Waals surface area (Å²) in [5.74, 6) is -0.458. The second kappa shape index (κ2) is 9.37. The predicted molar refractivity (Wildman–Crippen MR) is 143 cm³/mol. The Morgan fingerprint density at radius 3 is 2.68 bits per heavy atom. The lowest BCUT2D eigenvalue weighted by atomic mass is 10.0. The van der Waals surface area contributed by atoms with Gasteiger partial charge in [0.2, 0.25) is 5.91 Å². The molecule has 2 aromatic carbocycles. The molecule has 1 unspecified atom stereocenters. The summed E-state index contributed by atoms with van der Waals surface area (Å²) in [7, 11) is -3.76. The van der Waals surface area contributed by atoms with Gasteiger partial charge in [-0.2, -0.15) is 4.31 Å². The Morgan fingerprint density at radius 2 is 1.89 bits per heavy atom. The number of hydrogen-bond donors (Lipinski definition) is 1. The molecular formula is C27H24N4O4S2. The Morgan fingerprint density at radius 1 is 1.05 bits per heavy atom. The number of carbonyl (C=O) groups is 2. The number of sulfonamides is 1. The highest BCUT2D eigenvalue weighted by Crippen LogP contribution is 2.41. The van der Waals surface area contributed by atoms with E-state index < -0.39 is 16.1 Å². The third-order valence-corrected chi connectivity index (χ3v) is 10.2. The van der Waals surface area contributed by atoms with Crippen molar-refractivity contribution in [1.29, 1.82) is 0 Å². The first-order valence-corrected chi connectivity index (χ1v) is 14.4. The van der Waals surface area contributed by atoms with Crippen LogP contribution in [0.25, 0.3) is 10.8 Å². The number of carbonyl (C=O) groups excluding carboxylic acids is 2. The van der Waals surface area contributed by atoms with Crippen molar-refractivity contribution in [3.05, 3.63) is 83.5 Å². The number of nitrogens with zero attached hydrogens (tertiary/aromatic N) is 3. The van der Waals surface area contributed by atoms with Crippen LogP contribution in [0.4, 0.5) is 11.4 Å². The standard InChI is InChI=1S/C27H24N4O4S2/c32-26(23-7-1-2-15-31(23)37(34,35)24-8-4-16-36-24)29-21-9-10-22-25-19(21)5-3-6-20(25)27(33)30(22)17-18-11-13-28-14-12-18/h3-6,8-14,16,23H,1-2,7,15,17H2,(H,29,32). The summed E-state index contributed by atoms with van der Waals surface area (Å²) in [6, 6.07) is 15.3. The Hall–Kier alpha value is -3.60. The molecule has 1 saturated heterocycles. The summed E-state index contributed by atoms with van der Waals surface area (Å²) in [6.45, 7) is 0.717. The lowest BCUT2D eigenvalue weighted by molar-refractivity contribution is -0.120. The number of rotatable bonds is 6. The summed E-state index contributed by atoms with van der Waals surface area (Å²) < 4.78 is 28.1. The third-order valence-electron chi connectivity index (χ3n) is 6.95. The molecule has 1 atom stereocenters. The molecular weight excluding hydrogens is 508 g/mol. The maximum Gasteiger partial charge on any atom is 0.259 e. The maximum atomic E-state index is 13.5. The van der Waals surface area contributed by atoms with Crippen LogP contribution < -0.4 is 10.2 Å². The van der Waals surface area contributed by atoms with Gasteiger partial charge in [-0.15, -0.1) is 11.3 Å². The van der Waals surface area contributed by atoms with Crippen LogP contribution in [0.5, 0.6) is 0 Å². The number of piperidine rings is 1. The molecule has 10 heteroatoms. The zero-order valence-electron chi connectivity index (χ0n) is 19.8. The zero-order chi connectivity index (χ0) is 25.6. The molecule has 0 radical (unpaired) electrons. The third kappa shape index (κ3) is 4.11. The van der Waals surface area contributed by atoms with Crippen molar-refractivity contribution in [2.24, 2.45) is 0 Å². The molecule has 4 heterocycles. The molecule has 1 fully saturated rings. The van der Waals surface area contributed by atoms with Crippen LogP contribution in [-0.4, -0.2) is 42.1 Å². The quantitative estimate of drug-likeness (QED) is 0.390. The lowest BCUT2D eigenvalue weighted by Gasteiger charge is -2.33. The summed E-state index contributed by atoms with van der Waals surface area (Å²) in [5.41, 5.74) is 2.89. The van der Waals surface area contributed by atoms with Crippen molar-refractivity contribution < 1.29 is 18.0 Å². The van der Waals surface area contributed by atoms with Crippen molar-refractivity contribution in [3.63, 3.8) is 0 Å². The Kier molecular flexibility index (Phi) is 6.02. The van der Waals surface area contributed by atoms with E-state index in [-0.39, 0.29) is 16.0 Å². The smallest absolute Gasteiger partial charge is 0.259 e. The molecule has 2 aromatic heterocycles. The minimum Gasteiger partial charge on any atom is -0.324 e. The van der Waals surface area contributed by atoms with E-state index in [1.807, 2.05) is 24.3 Å². The summed E-state index contributed by atoms with van der Waals surface area (Å²) in [6.07, 6.45) is 5.34. The molecule has 37 heavy (non-hydrogen) atoms. The average Bonchev–Trinajstić information content (AvgIpc) is 3.56. The monoisotopic (exact) mass is 532 g/mol. The molecule has 4 aromatic rings. The van der Waals surface area contributed by atoms with Gasteiger partial charge in [-0.3, -0.25) is 14.6 Å². The number of nitrogens with one attached hydrogen (secondary N) is 1. The van der Waals surface area contributed by atoms with E-state index in [2.05, 4.69) is 10.3 Å². The van der Waals surface area contributed by atoms with Crippen molar-refractivity contribution in [2.45, 2.75) is 36.1 Å². The fourth-order valence-electron chi connectivity index (χ4n) is 5.18. The first kappa shape index (κ1) is 23.8. The lowest BCUT2D eigenvalue weighted by Crippen LogP contribution is -2.49. The molecule has 8 nitrogen and oxygen atoms in total. The van der Waals surface area contributed by atoms with Crippen molar-refractivity contribution in [2.75, 3.05) is 16.8 Å². The summed E-state index contributed by atoms with van der Waals surface area (Å²) in [4.78, 5) is 32.6.